The first-order valence-corrected chi connectivity index (χ1v) is 8.87. The number of benzene rings is 1. The van der Waals surface area contributed by atoms with Crippen molar-refractivity contribution >= 4 is 12.6 Å². The molecule has 0 spiro atoms. The van der Waals surface area contributed by atoms with Crippen molar-refractivity contribution in [2.45, 2.75) is 59.2 Å². The normalized spacial score (nSPS) is 25.2. The number of hydrogen-bond donors (Lipinski definition) is 0. The van der Waals surface area contributed by atoms with Gasteiger partial charge in [-0.3, -0.25) is 0 Å². The van der Waals surface area contributed by atoms with Gasteiger partial charge in [-0.2, -0.15) is 0 Å². The largest absolute Gasteiger partial charge is 0.495 e. The van der Waals surface area contributed by atoms with Crippen molar-refractivity contribution in [3.8, 4) is 5.75 Å². The minimum atomic E-state index is -0.327. The van der Waals surface area contributed by atoms with E-state index in [1.807, 2.05) is 0 Å². The number of aryl methyl sites for hydroxylation is 2. The lowest BCUT2D eigenvalue weighted by Gasteiger charge is -2.32. The third kappa shape index (κ3) is 3.35. The summed E-state index contributed by atoms with van der Waals surface area (Å²) in [6, 6.07) is 4.17. The summed E-state index contributed by atoms with van der Waals surface area (Å²) in [7, 11) is -0.327. The zero-order chi connectivity index (χ0) is 17.5. The van der Waals surface area contributed by atoms with Crippen LogP contribution in [0.1, 0.15) is 45.2 Å². The molecule has 0 amide bonds. The van der Waals surface area contributed by atoms with Crippen LogP contribution in [0.4, 0.5) is 0 Å². The Kier molecular flexibility index (Phi) is 4.71. The molecule has 2 aliphatic rings. The molecule has 3 rings (SSSR count). The van der Waals surface area contributed by atoms with Crippen LogP contribution in [0.2, 0.25) is 0 Å². The Balaban J connectivity index is 1.75. The zero-order valence-corrected chi connectivity index (χ0v) is 15.8. The van der Waals surface area contributed by atoms with Gasteiger partial charge in [0.25, 0.3) is 0 Å². The first-order valence-electron chi connectivity index (χ1n) is 8.87. The molecule has 24 heavy (non-hydrogen) atoms. The fourth-order valence-corrected chi connectivity index (χ4v) is 3.28. The van der Waals surface area contributed by atoms with Gasteiger partial charge in [0.15, 0.2) is 0 Å². The van der Waals surface area contributed by atoms with E-state index in [1.54, 1.807) is 0 Å². The SMILES string of the molecule is Cc1cc(OCC2CCOC2)cc(C)c1B1OC(C)(C)C(C)(C)O1. The van der Waals surface area contributed by atoms with E-state index in [0.29, 0.717) is 12.5 Å². The summed E-state index contributed by atoms with van der Waals surface area (Å²) in [5.41, 5.74) is 2.75. The van der Waals surface area contributed by atoms with Crippen molar-refractivity contribution in [1.29, 1.82) is 0 Å². The minimum absolute atomic E-state index is 0.325. The highest BCUT2D eigenvalue weighted by atomic mass is 16.7. The van der Waals surface area contributed by atoms with Gasteiger partial charge in [0.2, 0.25) is 0 Å². The lowest BCUT2D eigenvalue weighted by molar-refractivity contribution is 0.00578. The third-order valence-electron chi connectivity index (χ3n) is 5.57. The Morgan fingerprint density at radius 2 is 1.67 bits per heavy atom. The first-order chi connectivity index (χ1) is 11.2. The Labute approximate surface area is 146 Å². The summed E-state index contributed by atoms with van der Waals surface area (Å²) < 4.78 is 23.8. The quantitative estimate of drug-likeness (QED) is 0.795. The predicted molar refractivity (Wildman–Crippen MR) is 96.1 cm³/mol. The summed E-state index contributed by atoms with van der Waals surface area (Å²) in [4.78, 5) is 0. The molecule has 1 aromatic carbocycles. The molecule has 1 aromatic rings. The molecule has 1 unspecified atom stereocenters. The van der Waals surface area contributed by atoms with Crippen LogP contribution < -0.4 is 10.2 Å². The van der Waals surface area contributed by atoms with Gasteiger partial charge >= 0.3 is 7.12 Å². The molecule has 2 heterocycles. The summed E-state index contributed by atoms with van der Waals surface area (Å²) in [6.45, 7) is 14.9. The first kappa shape index (κ1) is 17.8. The van der Waals surface area contributed by atoms with Crippen LogP contribution in [0.3, 0.4) is 0 Å². The van der Waals surface area contributed by atoms with Gasteiger partial charge in [0, 0.05) is 12.5 Å². The highest BCUT2D eigenvalue weighted by Gasteiger charge is 2.52. The van der Waals surface area contributed by atoms with Gasteiger partial charge in [-0.25, -0.2) is 0 Å². The molecule has 0 radical (unpaired) electrons. The molecular weight excluding hydrogens is 303 g/mol. The van der Waals surface area contributed by atoms with E-state index in [4.69, 9.17) is 18.8 Å². The maximum atomic E-state index is 6.21. The van der Waals surface area contributed by atoms with E-state index >= 15 is 0 Å². The third-order valence-corrected chi connectivity index (χ3v) is 5.57. The molecule has 1 atom stereocenters. The van der Waals surface area contributed by atoms with E-state index in [2.05, 4.69) is 53.7 Å². The molecule has 0 bridgehead atoms. The Morgan fingerprint density at radius 1 is 1.08 bits per heavy atom. The number of rotatable bonds is 4. The van der Waals surface area contributed by atoms with Crippen molar-refractivity contribution in [2.24, 2.45) is 5.92 Å². The second-order valence-electron chi connectivity index (χ2n) is 8.10. The standard InChI is InChI=1S/C19H29BO4/c1-13-9-16(22-12-15-7-8-21-11-15)10-14(2)17(13)20-23-18(3,4)19(5,6)24-20/h9-10,15H,7-8,11-12H2,1-6H3. The fourth-order valence-electron chi connectivity index (χ4n) is 3.28. The molecule has 0 aromatic heterocycles. The molecule has 4 nitrogen and oxygen atoms in total. The highest BCUT2D eigenvalue weighted by Crippen LogP contribution is 2.37. The molecule has 2 aliphatic heterocycles. The lowest BCUT2D eigenvalue weighted by atomic mass is 9.73. The van der Waals surface area contributed by atoms with Crippen LogP contribution in [0.5, 0.6) is 5.75 Å². The monoisotopic (exact) mass is 332 g/mol. The van der Waals surface area contributed by atoms with E-state index in [1.165, 1.54) is 0 Å². The molecule has 2 saturated heterocycles. The van der Waals surface area contributed by atoms with Crippen LogP contribution in [-0.4, -0.2) is 38.1 Å². The summed E-state index contributed by atoms with van der Waals surface area (Å²) >= 11 is 0. The van der Waals surface area contributed by atoms with Crippen LogP contribution in [0, 0.1) is 19.8 Å². The van der Waals surface area contributed by atoms with Crippen LogP contribution in [0.15, 0.2) is 12.1 Å². The maximum absolute atomic E-state index is 6.21. The minimum Gasteiger partial charge on any atom is -0.493 e. The van der Waals surface area contributed by atoms with Gasteiger partial charge in [-0.05, 0) is 76.7 Å². The molecular formula is C19H29BO4. The maximum Gasteiger partial charge on any atom is 0.495 e. The van der Waals surface area contributed by atoms with Crippen molar-refractivity contribution < 1.29 is 18.8 Å². The van der Waals surface area contributed by atoms with Gasteiger partial charge < -0.3 is 18.8 Å². The second kappa shape index (κ2) is 6.36. The van der Waals surface area contributed by atoms with Crippen molar-refractivity contribution in [2.75, 3.05) is 19.8 Å². The fraction of sp³-hybridized carbons (Fsp3) is 0.684. The number of hydrogen-bond acceptors (Lipinski definition) is 4. The van der Waals surface area contributed by atoms with Gasteiger partial charge in [0.1, 0.15) is 5.75 Å². The molecule has 0 N–H and O–H groups in total. The van der Waals surface area contributed by atoms with Crippen LogP contribution in [0.25, 0.3) is 0 Å². The average Bonchev–Trinajstić information content (AvgIpc) is 3.02. The zero-order valence-electron chi connectivity index (χ0n) is 15.8. The van der Waals surface area contributed by atoms with E-state index < -0.39 is 0 Å². The molecule has 0 aliphatic carbocycles. The number of ether oxygens (including phenoxy) is 2. The summed E-state index contributed by atoms with van der Waals surface area (Å²) in [5.74, 6) is 1.42. The van der Waals surface area contributed by atoms with Crippen LogP contribution >= 0.6 is 0 Å². The summed E-state index contributed by atoms with van der Waals surface area (Å²) in [6.07, 6.45) is 1.09. The van der Waals surface area contributed by atoms with Gasteiger partial charge in [-0.1, -0.05) is 0 Å². The van der Waals surface area contributed by atoms with Crippen molar-refractivity contribution in [3.05, 3.63) is 23.3 Å². The summed E-state index contributed by atoms with van der Waals surface area (Å²) in [5, 5.41) is 0. The average molecular weight is 332 g/mol. The van der Waals surface area contributed by atoms with E-state index in [-0.39, 0.29) is 18.3 Å². The van der Waals surface area contributed by atoms with Gasteiger partial charge in [-0.15, -0.1) is 0 Å². The molecule has 5 heteroatoms. The van der Waals surface area contributed by atoms with Crippen molar-refractivity contribution in [3.63, 3.8) is 0 Å². The van der Waals surface area contributed by atoms with Crippen molar-refractivity contribution in [1.82, 2.24) is 0 Å². The Morgan fingerprint density at radius 3 is 2.17 bits per heavy atom. The Hall–Kier alpha value is -1.04. The molecule has 2 fully saturated rings. The van der Waals surface area contributed by atoms with E-state index in [9.17, 15) is 0 Å². The highest BCUT2D eigenvalue weighted by molar-refractivity contribution is 6.63. The molecule has 132 valence electrons. The Bertz CT molecular complexity index is 566. The smallest absolute Gasteiger partial charge is 0.493 e. The topological polar surface area (TPSA) is 36.9 Å². The second-order valence-corrected chi connectivity index (χ2v) is 8.10. The van der Waals surface area contributed by atoms with Crippen LogP contribution in [-0.2, 0) is 14.0 Å². The van der Waals surface area contributed by atoms with E-state index in [0.717, 1.165) is 42.0 Å². The molecule has 0 saturated carbocycles. The van der Waals surface area contributed by atoms with Gasteiger partial charge in [0.05, 0.1) is 24.4 Å². The lowest BCUT2D eigenvalue weighted by Crippen LogP contribution is -2.41. The predicted octanol–water partition coefficient (Wildman–Crippen LogP) is 3.02.